The zero-order chi connectivity index (χ0) is 18.1. The van der Waals surface area contributed by atoms with Gasteiger partial charge in [0.25, 0.3) is 0 Å². The van der Waals surface area contributed by atoms with E-state index in [0.29, 0.717) is 12.8 Å². The molecule has 1 saturated carbocycles. The number of carboxylic acid groups (broad SMARTS) is 1. The quantitative estimate of drug-likeness (QED) is 0.838. The number of fused-ring (bicyclic) bond motifs is 3. The van der Waals surface area contributed by atoms with Gasteiger partial charge in [0.05, 0.1) is 11.8 Å². The monoisotopic (exact) mass is 350 g/mol. The zero-order valence-corrected chi connectivity index (χ0v) is 14.6. The lowest BCUT2D eigenvalue weighted by Crippen LogP contribution is -2.34. The predicted molar refractivity (Wildman–Crippen MR) is 97.8 cm³/mol. The molecule has 4 rings (SSSR count). The Balaban J connectivity index is 1.53. The van der Waals surface area contributed by atoms with Crippen molar-refractivity contribution in [1.29, 1.82) is 0 Å². The number of aliphatic carboxylic acids is 1. The van der Waals surface area contributed by atoms with Crippen LogP contribution in [0.25, 0.3) is 11.1 Å². The molecular formula is C22H22O4. The maximum Gasteiger partial charge on any atom is 0.309 e. The minimum Gasteiger partial charge on any atom is -0.481 e. The first kappa shape index (κ1) is 16.8. The second kappa shape index (κ2) is 6.94. The largest absolute Gasteiger partial charge is 0.481 e. The highest BCUT2D eigenvalue weighted by atomic mass is 16.5. The molecule has 2 aromatic rings. The summed E-state index contributed by atoms with van der Waals surface area (Å²) in [4.78, 5) is 24.1. The fourth-order valence-corrected chi connectivity index (χ4v) is 4.42. The molecule has 2 aliphatic carbocycles. The van der Waals surface area contributed by atoms with Crippen LogP contribution in [0, 0.1) is 11.8 Å². The molecule has 4 heteroatoms. The third-order valence-corrected chi connectivity index (χ3v) is 5.74. The van der Waals surface area contributed by atoms with Gasteiger partial charge in [-0.25, -0.2) is 0 Å². The zero-order valence-electron chi connectivity index (χ0n) is 14.6. The van der Waals surface area contributed by atoms with Crippen LogP contribution in [0.3, 0.4) is 0 Å². The number of carbonyl (C=O) groups excluding carboxylic acids is 1. The number of hydrogen-bond donors (Lipinski definition) is 1. The molecule has 2 aromatic carbocycles. The third kappa shape index (κ3) is 2.90. The molecule has 0 amide bonds. The molecule has 0 heterocycles. The van der Waals surface area contributed by atoms with E-state index in [1.165, 1.54) is 22.3 Å². The van der Waals surface area contributed by atoms with Crippen LogP contribution in [0.4, 0.5) is 0 Å². The van der Waals surface area contributed by atoms with E-state index in [-0.39, 0.29) is 18.5 Å². The molecule has 4 nitrogen and oxygen atoms in total. The molecule has 1 fully saturated rings. The van der Waals surface area contributed by atoms with Gasteiger partial charge in [-0.15, -0.1) is 0 Å². The van der Waals surface area contributed by atoms with Gasteiger partial charge in [-0.1, -0.05) is 61.4 Å². The predicted octanol–water partition coefficient (Wildman–Crippen LogP) is 4.23. The van der Waals surface area contributed by atoms with Crippen LogP contribution >= 0.6 is 0 Å². The van der Waals surface area contributed by atoms with Gasteiger partial charge in [-0.3, -0.25) is 9.59 Å². The first-order valence-electron chi connectivity index (χ1n) is 9.24. The molecule has 0 aromatic heterocycles. The molecule has 0 unspecified atom stereocenters. The van der Waals surface area contributed by atoms with Crippen molar-refractivity contribution in [1.82, 2.24) is 0 Å². The van der Waals surface area contributed by atoms with Gasteiger partial charge in [0.1, 0.15) is 6.61 Å². The first-order valence-corrected chi connectivity index (χ1v) is 9.24. The summed E-state index contributed by atoms with van der Waals surface area (Å²) >= 11 is 0. The molecule has 2 aliphatic rings. The average Bonchev–Trinajstić information content (AvgIpc) is 3.00. The smallest absolute Gasteiger partial charge is 0.309 e. The molecule has 26 heavy (non-hydrogen) atoms. The number of carbonyl (C=O) groups is 2. The number of benzene rings is 2. The van der Waals surface area contributed by atoms with Gasteiger partial charge in [0.15, 0.2) is 0 Å². The Bertz CT molecular complexity index is 796. The van der Waals surface area contributed by atoms with E-state index >= 15 is 0 Å². The second-order valence-electron chi connectivity index (χ2n) is 7.19. The Kier molecular flexibility index (Phi) is 4.49. The van der Waals surface area contributed by atoms with Gasteiger partial charge in [0.2, 0.25) is 0 Å². The number of hydrogen-bond acceptors (Lipinski definition) is 3. The molecule has 0 radical (unpaired) electrons. The van der Waals surface area contributed by atoms with Crippen LogP contribution < -0.4 is 0 Å². The molecule has 1 N–H and O–H groups in total. The second-order valence-corrected chi connectivity index (χ2v) is 7.19. The highest BCUT2D eigenvalue weighted by Crippen LogP contribution is 2.44. The Morgan fingerprint density at radius 1 is 0.885 bits per heavy atom. The normalized spacial score (nSPS) is 21.7. The maximum absolute atomic E-state index is 12.6. The van der Waals surface area contributed by atoms with Crippen molar-refractivity contribution in [2.45, 2.75) is 31.6 Å². The van der Waals surface area contributed by atoms with Gasteiger partial charge in [0, 0.05) is 5.92 Å². The van der Waals surface area contributed by atoms with Crippen LogP contribution in [-0.2, 0) is 14.3 Å². The molecule has 2 atom stereocenters. The Morgan fingerprint density at radius 3 is 2.00 bits per heavy atom. The van der Waals surface area contributed by atoms with Gasteiger partial charge in [-0.2, -0.15) is 0 Å². The summed E-state index contributed by atoms with van der Waals surface area (Å²) in [5.41, 5.74) is 4.70. The lowest BCUT2D eigenvalue weighted by Gasteiger charge is -2.27. The van der Waals surface area contributed by atoms with Crippen LogP contribution in [0.2, 0.25) is 0 Å². The van der Waals surface area contributed by atoms with Crippen molar-refractivity contribution < 1.29 is 19.4 Å². The van der Waals surface area contributed by atoms with E-state index in [1.807, 2.05) is 24.3 Å². The highest BCUT2D eigenvalue weighted by Gasteiger charge is 2.37. The fraction of sp³-hybridized carbons (Fsp3) is 0.364. The van der Waals surface area contributed by atoms with Crippen LogP contribution in [0.1, 0.15) is 42.7 Å². The van der Waals surface area contributed by atoms with E-state index < -0.39 is 17.8 Å². The number of esters is 1. The van der Waals surface area contributed by atoms with Gasteiger partial charge in [-0.05, 0) is 35.1 Å². The van der Waals surface area contributed by atoms with E-state index in [0.717, 1.165) is 12.8 Å². The summed E-state index contributed by atoms with van der Waals surface area (Å²) in [6, 6.07) is 16.4. The lowest BCUT2D eigenvalue weighted by atomic mass is 9.79. The molecule has 0 bridgehead atoms. The van der Waals surface area contributed by atoms with Crippen molar-refractivity contribution in [2.24, 2.45) is 11.8 Å². The minimum atomic E-state index is -0.886. The van der Waals surface area contributed by atoms with Crippen molar-refractivity contribution in [3.05, 3.63) is 59.7 Å². The first-order chi connectivity index (χ1) is 12.7. The molecule has 134 valence electrons. The maximum atomic E-state index is 12.6. The third-order valence-electron chi connectivity index (χ3n) is 5.74. The number of ether oxygens (including phenoxy) is 1. The van der Waals surface area contributed by atoms with Crippen molar-refractivity contribution in [2.75, 3.05) is 6.61 Å². The summed E-state index contributed by atoms with van der Waals surface area (Å²) in [7, 11) is 0. The molecular weight excluding hydrogens is 328 g/mol. The summed E-state index contributed by atoms with van der Waals surface area (Å²) in [6.07, 6.45) is 2.92. The Morgan fingerprint density at radius 2 is 1.42 bits per heavy atom. The fourth-order valence-electron chi connectivity index (χ4n) is 4.42. The number of carboxylic acids is 1. The summed E-state index contributed by atoms with van der Waals surface area (Å²) < 4.78 is 5.66. The minimum absolute atomic E-state index is 0.0122. The van der Waals surface area contributed by atoms with E-state index in [9.17, 15) is 14.7 Å². The highest BCUT2D eigenvalue weighted by molar-refractivity contribution is 5.82. The molecule has 0 saturated heterocycles. The SMILES string of the molecule is O=C(OCC1c2ccccc2-c2ccccc21)[C@H]1CCCC[C@H]1C(=O)O. The average molecular weight is 350 g/mol. The lowest BCUT2D eigenvalue weighted by molar-refractivity contribution is -0.159. The van der Waals surface area contributed by atoms with Crippen LogP contribution in [0.5, 0.6) is 0 Å². The van der Waals surface area contributed by atoms with E-state index in [2.05, 4.69) is 24.3 Å². The summed E-state index contributed by atoms with van der Waals surface area (Å²) in [6.45, 7) is 0.260. The van der Waals surface area contributed by atoms with Gasteiger partial charge < -0.3 is 9.84 Å². The Hall–Kier alpha value is -2.62. The van der Waals surface area contributed by atoms with E-state index in [1.54, 1.807) is 0 Å². The van der Waals surface area contributed by atoms with Gasteiger partial charge >= 0.3 is 11.9 Å². The molecule has 0 spiro atoms. The molecule has 0 aliphatic heterocycles. The van der Waals surface area contributed by atoms with Crippen molar-refractivity contribution in [3.63, 3.8) is 0 Å². The topological polar surface area (TPSA) is 63.6 Å². The Labute approximate surface area is 152 Å². The van der Waals surface area contributed by atoms with Crippen molar-refractivity contribution >= 4 is 11.9 Å². The van der Waals surface area contributed by atoms with Crippen LogP contribution in [0.15, 0.2) is 48.5 Å². The van der Waals surface area contributed by atoms with E-state index in [4.69, 9.17) is 4.74 Å². The number of rotatable bonds is 4. The van der Waals surface area contributed by atoms with Crippen molar-refractivity contribution in [3.8, 4) is 11.1 Å². The standard InChI is InChI=1S/C22H22O4/c23-21(24)18-11-5-6-12-19(18)22(25)26-13-20-16-9-3-1-7-14(16)15-8-2-4-10-17(15)20/h1-4,7-10,18-20H,5-6,11-13H2,(H,23,24)/t18-,19+/m1/s1. The van der Waals surface area contributed by atoms with Crippen LogP contribution in [-0.4, -0.2) is 23.7 Å². The summed E-state index contributed by atoms with van der Waals surface area (Å²) in [5, 5.41) is 9.39. The summed E-state index contributed by atoms with van der Waals surface area (Å²) in [5.74, 6) is -2.37.